The van der Waals surface area contributed by atoms with Crippen molar-refractivity contribution in [2.45, 2.75) is 39.3 Å². The molecule has 0 saturated carbocycles. The maximum Gasteiger partial charge on any atom is 0.254 e. The first-order valence-electron chi connectivity index (χ1n) is 9.47. The highest BCUT2D eigenvalue weighted by molar-refractivity contribution is 5.76. The van der Waals surface area contributed by atoms with Gasteiger partial charge in [-0.1, -0.05) is 13.0 Å². The molecule has 28 heavy (non-hydrogen) atoms. The fourth-order valence-electron chi connectivity index (χ4n) is 3.51. The number of nitrogens with one attached hydrogen (secondary N) is 1. The molecular formula is C20H22N6O2. The molecule has 0 fully saturated rings. The number of aromatic amines is 1. The average Bonchev–Trinajstić information content (AvgIpc) is 3.19. The molecule has 8 nitrogen and oxygen atoms in total. The van der Waals surface area contributed by atoms with Crippen LogP contribution < -0.4 is 5.56 Å². The zero-order chi connectivity index (χ0) is 19.5. The summed E-state index contributed by atoms with van der Waals surface area (Å²) in [6, 6.07) is 5.45. The van der Waals surface area contributed by atoms with Gasteiger partial charge in [0.1, 0.15) is 11.5 Å². The first-order valence-corrected chi connectivity index (χ1v) is 9.47. The lowest BCUT2D eigenvalue weighted by molar-refractivity contribution is -0.132. The largest absolute Gasteiger partial charge is 0.336 e. The van der Waals surface area contributed by atoms with Crippen molar-refractivity contribution >= 4 is 5.91 Å². The summed E-state index contributed by atoms with van der Waals surface area (Å²) in [5.41, 5.74) is 1.77. The van der Waals surface area contributed by atoms with Gasteiger partial charge in [0.25, 0.3) is 5.56 Å². The SMILES string of the molecule is CCc1nccn1CCC(=O)N1CCc2c(nc(-c3ccccn3)[nH]c2=O)C1. The first kappa shape index (κ1) is 18.1. The van der Waals surface area contributed by atoms with Gasteiger partial charge < -0.3 is 14.5 Å². The number of hydrogen-bond donors (Lipinski definition) is 1. The van der Waals surface area contributed by atoms with E-state index >= 15 is 0 Å². The summed E-state index contributed by atoms with van der Waals surface area (Å²) >= 11 is 0. The lowest BCUT2D eigenvalue weighted by Crippen LogP contribution is -2.39. The fourth-order valence-corrected chi connectivity index (χ4v) is 3.51. The second-order valence-electron chi connectivity index (χ2n) is 6.76. The zero-order valence-corrected chi connectivity index (χ0v) is 15.8. The maximum atomic E-state index is 12.7. The molecular weight excluding hydrogens is 356 g/mol. The highest BCUT2D eigenvalue weighted by atomic mass is 16.2. The minimum Gasteiger partial charge on any atom is -0.336 e. The molecule has 1 aliphatic heterocycles. The molecule has 3 aromatic rings. The molecule has 144 valence electrons. The quantitative estimate of drug-likeness (QED) is 0.727. The van der Waals surface area contributed by atoms with Gasteiger partial charge in [-0.25, -0.2) is 9.97 Å². The number of H-pyrrole nitrogens is 1. The van der Waals surface area contributed by atoms with Crippen molar-refractivity contribution in [3.63, 3.8) is 0 Å². The number of carbonyl (C=O) groups excluding carboxylic acids is 1. The van der Waals surface area contributed by atoms with Crippen LogP contribution in [0.1, 0.15) is 30.4 Å². The molecule has 4 heterocycles. The van der Waals surface area contributed by atoms with Crippen LogP contribution in [0.3, 0.4) is 0 Å². The second kappa shape index (κ2) is 7.75. The van der Waals surface area contributed by atoms with Gasteiger partial charge in [0.15, 0.2) is 5.82 Å². The van der Waals surface area contributed by atoms with Gasteiger partial charge in [-0.2, -0.15) is 0 Å². The number of carbonyl (C=O) groups is 1. The topological polar surface area (TPSA) is 96.8 Å². The molecule has 0 bridgehead atoms. The van der Waals surface area contributed by atoms with Gasteiger partial charge in [-0.3, -0.25) is 14.6 Å². The Labute approximate surface area is 162 Å². The Morgan fingerprint density at radius 3 is 2.93 bits per heavy atom. The van der Waals surface area contributed by atoms with E-state index in [4.69, 9.17) is 0 Å². The van der Waals surface area contributed by atoms with E-state index in [1.807, 2.05) is 29.8 Å². The number of rotatable bonds is 5. The predicted octanol–water partition coefficient (Wildman–Crippen LogP) is 1.57. The van der Waals surface area contributed by atoms with E-state index in [-0.39, 0.29) is 11.5 Å². The first-order chi connectivity index (χ1) is 13.7. The van der Waals surface area contributed by atoms with E-state index in [9.17, 15) is 9.59 Å². The number of amides is 1. The molecule has 0 saturated heterocycles. The summed E-state index contributed by atoms with van der Waals surface area (Å²) in [6.45, 7) is 3.53. The van der Waals surface area contributed by atoms with Crippen LogP contribution in [0.2, 0.25) is 0 Å². The standard InChI is InChI=1S/C20H22N6O2/c1-2-17-22-9-12-25(17)11-7-18(27)26-10-6-14-16(13-26)23-19(24-20(14)28)15-5-3-4-8-21-15/h3-5,8-9,12H,2,6-7,10-11,13H2,1H3,(H,23,24,28). The number of hydrogen-bond acceptors (Lipinski definition) is 5. The third kappa shape index (κ3) is 3.58. The van der Waals surface area contributed by atoms with Crippen LogP contribution in [0.15, 0.2) is 41.6 Å². The van der Waals surface area contributed by atoms with Crippen molar-refractivity contribution < 1.29 is 4.79 Å². The number of imidazole rings is 1. The third-order valence-corrected chi connectivity index (χ3v) is 5.02. The number of aryl methyl sites for hydroxylation is 2. The average molecular weight is 378 g/mol. The Balaban J connectivity index is 1.50. The van der Waals surface area contributed by atoms with Crippen molar-refractivity contribution in [2.75, 3.05) is 6.54 Å². The lowest BCUT2D eigenvalue weighted by Gasteiger charge is -2.28. The monoisotopic (exact) mass is 378 g/mol. The Morgan fingerprint density at radius 1 is 1.25 bits per heavy atom. The van der Waals surface area contributed by atoms with Crippen molar-refractivity contribution in [2.24, 2.45) is 0 Å². The Bertz CT molecular complexity index is 1040. The molecule has 0 radical (unpaired) electrons. The third-order valence-electron chi connectivity index (χ3n) is 5.02. The minimum atomic E-state index is -0.149. The van der Waals surface area contributed by atoms with Crippen LogP contribution in [0.25, 0.3) is 11.5 Å². The molecule has 1 aliphatic rings. The normalized spacial score (nSPS) is 13.4. The van der Waals surface area contributed by atoms with E-state index in [0.29, 0.717) is 55.3 Å². The maximum absolute atomic E-state index is 12.7. The summed E-state index contributed by atoms with van der Waals surface area (Å²) < 4.78 is 2.01. The van der Waals surface area contributed by atoms with E-state index in [0.717, 1.165) is 12.2 Å². The predicted molar refractivity (Wildman–Crippen MR) is 103 cm³/mol. The molecule has 3 aromatic heterocycles. The molecule has 0 unspecified atom stereocenters. The fraction of sp³-hybridized carbons (Fsp3) is 0.350. The Hall–Kier alpha value is -3.29. The second-order valence-corrected chi connectivity index (χ2v) is 6.76. The van der Waals surface area contributed by atoms with Crippen molar-refractivity contribution in [1.29, 1.82) is 0 Å². The van der Waals surface area contributed by atoms with Crippen LogP contribution in [0.5, 0.6) is 0 Å². The lowest BCUT2D eigenvalue weighted by atomic mass is 10.1. The van der Waals surface area contributed by atoms with Crippen LogP contribution in [0.4, 0.5) is 0 Å². The zero-order valence-electron chi connectivity index (χ0n) is 15.8. The van der Waals surface area contributed by atoms with Gasteiger partial charge in [-0.05, 0) is 18.6 Å². The smallest absolute Gasteiger partial charge is 0.254 e. The molecule has 0 spiro atoms. The van der Waals surface area contributed by atoms with Crippen LogP contribution in [-0.2, 0) is 30.7 Å². The molecule has 0 aliphatic carbocycles. The molecule has 8 heteroatoms. The van der Waals surface area contributed by atoms with Crippen LogP contribution in [0, 0.1) is 0 Å². The molecule has 0 atom stereocenters. The Morgan fingerprint density at radius 2 is 2.14 bits per heavy atom. The van der Waals surface area contributed by atoms with Gasteiger partial charge in [0.05, 0.1) is 12.2 Å². The summed E-state index contributed by atoms with van der Waals surface area (Å²) in [7, 11) is 0. The summed E-state index contributed by atoms with van der Waals surface area (Å²) in [4.78, 5) is 42.9. The van der Waals surface area contributed by atoms with E-state index in [2.05, 4.69) is 19.9 Å². The molecule has 0 aromatic carbocycles. The van der Waals surface area contributed by atoms with Gasteiger partial charge in [0.2, 0.25) is 5.91 Å². The van der Waals surface area contributed by atoms with Gasteiger partial charge in [-0.15, -0.1) is 0 Å². The minimum absolute atomic E-state index is 0.0582. The summed E-state index contributed by atoms with van der Waals surface area (Å²) in [6.07, 6.45) is 7.06. The summed E-state index contributed by atoms with van der Waals surface area (Å²) in [5, 5.41) is 0. The van der Waals surface area contributed by atoms with Crippen LogP contribution in [-0.4, -0.2) is 41.9 Å². The highest BCUT2D eigenvalue weighted by Crippen LogP contribution is 2.18. The van der Waals surface area contributed by atoms with Gasteiger partial charge in [0, 0.05) is 50.1 Å². The number of fused-ring (bicyclic) bond motifs is 1. The van der Waals surface area contributed by atoms with Crippen molar-refractivity contribution in [3.05, 3.63) is 64.2 Å². The number of pyridine rings is 1. The molecule has 4 rings (SSSR count). The van der Waals surface area contributed by atoms with E-state index in [1.54, 1.807) is 23.4 Å². The van der Waals surface area contributed by atoms with Gasteiger partial charge >= 0.3 is 0 Å². The van der Waals surface area contributed by atoms with Crippen molar-refractivity contribution in [3.8, 4) is 11.5 Å². The van der Waals surface area contributed by atoms with Crippen LogP contribution >= 0.6 is 0 Å². The molecule has 1 amide bonds. The summed E-state index contributed by atoms with van der Waals surface area (Å²) in [5.74, 6) is 1.47. The molecule has 1 N–H and O–H groups in total. The van der Waals surface area contributed by atoms with E-state index in [1.165, 1.54) is 0 Å². The number of aromatic nitrogens is 5. The highest BCUT2D eigenvalue weighted by Gasteiger charge is 2.24. The van der Waals surface area contributed by atoms with Crippen molar-refractivity contribution in [1.82, 2.24) is 29.4 Å². The number of nitrogens with zero attached hydrogens (tertiary/aromatic N) is 5. The van der Waals surface area contributed by atoms with E-state index < -0.39 is 0 Å². The Kier molecular flexibility index (Phi) is 5.01.